The van der Waals surface area contributed by atoms with Gasteiger partial charge in [0.15, 0.2) is 0 Å². The lowest BCUT2D eigenvalue weighted by Crippen LogP contribution is -2.42. The molecule has 19 heavy (non-hydrogen) atoms. The maximum Gasteiger partial charge on any atom is 0.320 e. The fraction of sp³-hybridized carbons (Fsp3) is 0.533. The Morgan fingerprint density at radius 2 is 1.95 bits per heavy atom. The Hall–Kier alpha value is -1.55. The summed E-state index contributed by atoms with van der Waals surface area (Å²) in [5.74, 6) is -0.540. The van der Waals surface area contributed by atoms with E-state index in [1.165, 1.54) is 0 Å². The normalized spacial score (nSPS) is 14.0. The molecule has 106 valence electrons. The van der Waals surface area contributed by atoms with E-state index in [1.54, 1.807) is 12.1 Å². The third-order valence-corrected chi connectivity index (χ3v) is 3.11. The molecule has 3 N–H and O–H groups in total. The highest BCUT2D eigenvalue weighted by molar-refractivity contribution is 5.73. The molecule has 1 aromatic carbocycles. The molecule has 2 atom stereocenters. The molecule has 4 heteroatoms. The maximum absolute atomic E-state index is 11.1. The van der Waals surface area contributed by atoms with Gasteiger partial charge in [0.1, 0.15) is 11.8 Å². The van der Waals surface area contributed by atoms with Crippen molar-refractivity contribution in [2.24, 2.45) is 0 Å². The van der Waals surface area contributed by atoms with Crippen molar-refractivity contribution in [3.05, 3.63) is 29.8 Å². The summed E-state index contributed by atoms with van der Waals surface area (Å²) in [5.41, 5.74) is 1.08. The van der Waals surface area contributed by atoms with Gasteiger partial charge in [-0.25, -0.2) is 0 Å². The van der Waals surface area contributed by atoms with Crippen molar-refractivity contribution < 1.29 is 15.0 Å². The summed E-state index contributed by atoms with van der Waals surface area (Å²) < 4.78 is 0. The second-order valence-electron chi connectivity index (χ2n) is 4.97. The second-order valence-corrected chi connectivity index (χ2v) is 4.97. The zero-order valence-electron chi connectivity index (χ0n) is 11.6. The van der Waals surface area contributed by atoms with E-state index in [0.717, 1.165) is 24.8 Å². The molecular weight excluding hydrogens is 242 g/mol. The van der Waals surface area contributed by atoms with E-state index in [-0.39, 0.29) is 11.8 Å². The number of rotatable bonds is 8. The summed E-state index contributed by atoms with van der Waals surface area (Å²) in [4.78, 5) is 11.1. The molecule has 1 aromatic rings. The fourth-order valence-electron chi connectivity index (χ4n) is 2.07. The first kappa shape index (κ1) is 15.5. The molecule has 2 unspecified atom stereocenters. The number of carboxylic acids is 1. The van der Waals surface area contributed by atoms with Gasteiger partial charge in [-0.1, -0.05) is 31.9 Å². The lowest BCUT2D eigenvalue weighted by Gasteiger charge is -2.20. The van der Waals surface area contributed by atoms with Crippen molar-refractivity contribution in [2.75, 3.05) is 0 Å². The highest BCUT2D eigenvalue weighted by Gasteiger charge is 2.18. The Morgan fingerprint density at radius 1 is 1.32 bits per heavy atom. The number of unbranched alkanes of at least 4 members (excludes halogenated alkanes) is 1. The number of benzene rings is 1. The SMILES string of the molecule is CCCCC(NC(C)Cc1ccc(O)cc1)C(=O)O. The minimum Gasteiger partial charge on any atom is -0.508 e. The van der Waals surface area contributed by atoms with Crippen LogP contribution >= 0.6 is 0 Å². The van der Waals surface area contributed by atoms with Crippen LogP contribution in [-0.2, 0) is 11.2 Å². The minimum absolute atomic E-state index is 0.0856. The van der Waals surface area contributed by atoms with Gasteiger partial charge in [0, 0.05) is 6.04 Å². The van der Waals surface area contributed by atoms with Crippen LogP contribution in [0.25, 0.3) is 0 Å². The number of phenols is 1. The highest BCUT2D eigenvalue weighted by Crippen LogP contribution is 2.12. The smallest absolute Gasteiger partial charge is 0.320 e. The van der Waals surface area contributed by atoms with Crippen LogP contribution in [0.5, 0.6) is 5.75 Å². The number of nitrogens with one attached hydrogen (secondary N) is 1. The van der Waals surface area contributed by atoms with Crippen LogP contribution in [0, 0.1) is 0 Å². The number of carboxylic acid groups (broad SMARTS) is 1. The Morgan fingerprint density at radius 3 is 2.47 bits per heavy atom. The van der Waals surface area contributed by atoms with E-state index in [2.05, 4.69) is 12.2 Å². The first-order valence-corrected chi connectivity index (χ1v) is 6.79. The molecule has 0 heterocycles. The number of aromatic hydroxyl groups is 1. The van der Waals surface area contributed by atoms with Gasteiger partial charge >= 0.3 is 5.97 Å². The van der Waals surface area contributed by atoms with Crippen LogP contribution in [0.1, 0.15) is 38.7 Å². The zero-order chi connectivity index (χ0) is 14.3. The summed E-state index contributed by atoms with van der Waals surface area (Å²) in [6.07, 6.45) is 3.32. The molecule has 0 amide bonds. The molecule has 0 spiro atoms. The second kappa shape index (κ2) is 7.79. The predicted octanol–water partition coefficient (Wildman–Crippen LogP) is 2.56. The van der Waals surface area contributed by atoms with Crippen molar-refractivity contribution in [1.82, 2.24) is 5.32 Å². The molecule has 0 fully saturated rings. The number of hydrogen-bond donors (Lipinski definition) is 3. The van der Waals surface area contributed by atoms with E-state index in [4.69, 9.17) is 5.11 Å². The van der Waals surface area contributed by atoms with Crippen LogP contribution in [-0.4, -0.2) is 28.3 Å². The highest BCUT2D eigenvalue weighted by atomic mass is 16.4. The number of carbonyl (C=O) groups is 1. The average molecular weight is 265 g/mol. The topological polar surface area (TPSA) is 69.6 Å². The number of hydrogen-bond acceptors (Lipinski definition) is 3. The summed E-state index contributed by atoms with van der Waals surface area (Å²) in [6, 6.07) is 6.61. The molecule has 0 aliphatic carbocycles. The minimum atomic E-state index is -0.786. The molecule has 0 saturated heterocycles. The van der Waals surface area contributed by atoms with Gasteiger partial charge in [-0.3, -0.25) is 4.79 Å². The van der Waals surface area contributed by atoms with Crippen LogP contribution in [0.3, 0.4) is 0 Å². The Kier molecular flexibility index (Phi) is 6.36. The molecular formula is C15H23NO3. The number of phenolic OH excluding ortho intramolecular Hbond substituents is 1. The zero-order valence-corrected chi connectivity index (χ0v) is 11.6. The van der Waals surface area contributed by atoms with E-state index in [1.807, 2.05) is 19.1 Å². The first-order valence-electron chi connectivity index (χ1n) is 6.79. The third kappa shape index (κ3) is 5.75. The largest absolute Gasteiger partial charge is 0.508 e. The van der Waals surface area contributed by atoms with E-state index in [0.29, 0.717) is 6.42 Å². The summed E-state index contributed by atoms with van der Waals surface area (Å²) >= 11 is 0. The molecule has 0 aliphatic heterocycles. The van der Waals surface area contributed by atoms with Crippen molar-refractivity contribution in [3.63, 3.8) is 0 Å². The number of aliphatic carboxylic acids is 1. The molecule has 0 bridgehead atoms. The quantitative estimate of drug-likeness (QED) is 0.675. The fourth-order valence-corrected chi connectivity index (χ4v) is 2.07. The van der Waals surface area contributed by atoms with E-state index >= 15 is 0 Å². The molecule has 0 aromatic heterocycles. The van der Waals surface area contributed by atoms with Gasteiger partial charge in [0.25, 0.3) is 0 Å². The van der Waals surface area contributed by atoms with Crippen molar-refractivity contribution in [1.29, 1.82) is 0 Å². The summed E-state index contributed by atoms with van der Waals surface area (Å²) in [6.45, 7) is 4.04. The summed E-state index contributed by atoms with van der Waals surface area (Å²) in [5, 5.41) is 21.5. The molecule has 0 saturated carbocycles. The molecule has 0 radical (unpaired) electrons. The summed E-state index contributed by atoms with van der Waals surface area (Å²) in [7, 11) is 0. The van der Waals surface area contributed by atoms with E-state index in [9.17, 15) is 9.90 Å². The van der Waals surface area contributed by atoms with Crippen LogP contribution in [0.2, 0.25) is 0 Å². The van der Waals surface area contributed by atoms with Crippen LogP contribution in [0.15, 0.2) is 24.3 Å². The van der Waals surface area contributed by atoms with Crippen molar-refractivity contribution in [3.8, 4) is 5.75 Å². The monoisotopic (exact) mass is 265 g/mol. The van der Waals surface area contributed by atoms with Crippen LogP contribution in [0.4, 0.5) is 0 Å². The molecule has 0 aliphatic rings. The van der Waals surface area contributed by atoms with Gasteiger partial charge in [-0.05, 0) is 37.5 Å². The van der Waals surface area contributed by atoms with Gasteiger partial charge in [0.05, 0.1) is 0 Å². The maximum atomic E-state index is 11.1. The van der Waals surface area contributed by atoms with Gasteiger partial charge < -0.3 is 15.5 Å². The first-order chi connectivity index (χ1) is 9.02. The molecule has 4 nitrogen and oxygen atoms in total. The standard InChI is InChI=1S/C15H23NO3/c1-3-4-5-14(15(18)19)16-11(2)10-12-6-8-13(17)9-7-12/h6-9,11,14,16-17H,3-5,10H2,1-2H3,(H,18,19). The van der Waals surface area contributed by atoms with Crippen molar-refractivity contribution >= 4 is 5.97 Å². The Balaban J connectivity index is 2.49. The lowest BCUT2D eigenvalue weighted by atomic mass is 10.0. The van der Waals surface area contributed by atoms with Crippen LogP contribution < -0.4 is 5.32 Å². The van der Waals surface area contributed by atoms with Gasteiger partial charge in [0.2, 0.25) is 0 Å². The van der Waals surface area contributed by atoms with E-state index < -0.39 is 12.0 Å². The predicted molar refractivity (Wildman–Crippen MR) is 75.4 cm³/mol. The average Bonchev–Trinajstić information content (AvgIpc) is 2.37. The lowest BCUT2D eigenvalue weighted by molar-refractivity contribution is -0.139. The van der Waals surface area contributed by atoms with Gasteiger partial charge in [-0.2, -0.15) is 0 Å². The van der Waals surface area contributed by atoms with Crippen molar-refractivity contribution in [2.45, 2.75) is 51.6 Å². The van der Waals surface area contributed by atoms with Gasteiger partial charge in [-0.15, -0.1) is 0 Å². The Labute approximate surface area is 114 Å². The third-order valence-electron chi connectivity index (χ3n) is 3.11. The molecule has 1 rings (SSSR count). The Bertz CT molecular complexity index is 389.